The number of aromatic carboxylic acids is 1. The lowest BCUT2D eigenvalue weighted by atomic mass is 10.2. The Balaban J connectivity index is 2.25. The van der Waals surface area contributed by atoms with Gasteiger partial charge in [0.15, 0.2) is 0 Å². The molecule has 4 heteroatoms. The van der Waals surface area contributed by atoms with Gasteiger partial charge in [-0.05, 0) is 41.7 Å². The number of thioether (sulfide) groups is 1. The number of carboxylic acid groups (broad SMARTS) is 1. The topological polar surface area (TPSA) is 46.5 Å². The lowest BCUT2D eigenvalue weighted by Crippen LogP contribution is -2.01. The summed E-state index contributed by atoms with van der Waals surface area (Å²) in [5.41, 5.74) is 0.285. The molecule has 0 unspecified atom stereocenters. The molecule has 3 nitrogen and oxygen atoms in total. The van der Waals surface area contributed by atoms with Gasteiger partial charge in [0.2, 0.25) is 0 Å². The molecule has 94 valence electrons. The second-order valence-electron chi connectivity index (χ2n) is 3.95. The van der Waals surface area contributed by atoms with E-state index in [0.717, 1.165) is 17.9 Å². The molecule has 0 amide bonds. The van der Waals surface area contributed by atoms with E-state index in [2.05, 4.69) is 13.8 Å². The second kappa shape index (κ2) is 7.22. The van der Waals surface area contributed by atoms with Crippen molar-refractivity contribution in [2.24, 2.45) is 0 Å². The predicted octanol–water partition coefficient (Wildman–Crippen LogP) is 3.30. The first kappa shape index (κ1) is 13.9. The Morgan fingerprint density at radius 1 is 1.35 bits per heavy atom. The third-order valence-corrected chi connectivity index (χ3v) is 3.30. The zero-order chi connectivity index (χ0) is 12.7. The fraction of sp³-hybridized carbons (Fsp3) is 0.462. The summed E-state index contributed by atoms with van der Waals surface area (Å²) < 4.78 is 5.52. The van der Waals surface area contributed by atoms with Crippen molar-refractivity contribution in [1.82, 2.24) is 0 Å². The average Bonchev–Trinajstić information content (AvgIpc) is 2.29. The van der Waals surface area contributed by atoms with Crippen LogP contribution in [0.15, 0.2) is 24.3 Å². The number of hydrogen-bond acceptors (Lipinski definition) is 3. The van der Waals surface area contributed by atoms with Crippen LogP contribution >= 0.6 is 11.8 Å². The van der Waals surface area contributed by atoms with Crippen molar-refractivity contribution in [2.45, 2.75) is 25.5 Å². The van der Waals surface area contributed by atoms with E-state index in [0.29, 0.717) is 11.9 Å². The molecule has 0 bridgehead atoms. The highest BCUT2D eigenvalue weighted by molar-refractivity contribution is 7.99. The first-order chi connectivity index (χ1) is 8.09. The highest BCUT2D eigenvalue weighted by Gasteiger charge is 2.02. The van der Waals surface area contributed by atoms with Crippen LogP contribution in [0.4, 0.5) is 0 Å². The number of rotatable bonds is 7. The van der Waals surface area contributed by atoms with Crippen LogP contribution in [0.2, 0.25) is 0 Å². The smallest absolute Gasteiger partial charge is 0.335 e. The summed E-state index contributed by atoms with van der Waals surface area (Å²) in [5, 5.41) is 9.39. The van der Waals surface area contributed by atoms with Gasteiger partial charge in [-0.3, -0.25) is 0 Å². The molecule has 0 spiro atoms. The molecule has 0 aromatic heterocycles. The molecule has 17 heavy (non-hydrogen) atoms. The van der Waals surface area contributed by atoms with E-state index in [9.17, 15) is 4.79 Å². The molecule has 1 N–H and O–H groups in total. The molecule has 1 aromatic rings. The molecule has 1 rings (SSSR count). The van der Waals surface area contributed by atoms with Crippen LogP contribution < -0.4 is 4.74 Å². The maximum Gasteiger partial charge on any atom is 0.335 e. The zero-order valence-electron chi connectivity index (χ0n) is 10.2. The average molecular weight is 254 g/mol. The Kier molecular flexibility index (Phi) is 5.91. The molecule has 0 aliphatic rings. The summed E-state index contributed by atoms with van der Waals surface area (Å²) in [6.45, 7) is 5.03. The van der Waals surface area contributed by atoms with Gasteiger partial charge in [-0.2, -0.15) is 11.8 Å². The highest BCUT2D eigenvalue weighted by atomic mass is 32.2. The molecule has 0 radical (unpaired) electrons. The van der Waals surface area contributed by atoms with Crippen LogP contribution in [-0.4, -0.2) is 28.7 Å². The van der Waals surface area contributed by atoms with E-state index in [4.69, 9.17) is 9.84 Å². The van der Waals surface area contributed by atoms with Gasteiger partial charge in [0, 0.05) is 0 Å². The first-order valence-electron chi connectivity index (χ1n) is 5.67. The van der Waals surface area contributed by atoms with Crippen LogP contribution in [0.5, 0.6) is 5.75 Å². The van der Waals surface area contributed by atoms with Gasteiger partial charge in [-0.25, -0.2) is 4.79 Å². The number of benzene rings is 1. The van der Waals surface area contributed by atoms with Crippen LogP contribution in [0.25, 0.3) is 0 Å². The van der Waals surface area contributed by atoms with Crippen molar-refractivity contribution in [1.29, 1.82) is 0 Å². The monoisotopic (exact) mass is 254 g/mol. The fourth-order valence-corrected chi connectivity index (χ4v) is 2.02. The third-order valence-electron chi connectivity index (χ3n) is 2.11. The number of carboxylic acids is 1. The van der Waals surface area contributed by atoms with Crippen LogP contribution in [-0.2, 0) is 0 Å². The van der Waals surface area contributed by atoms with Crippen molar-refractivity contribution >= 4 is 17.7 Å². The first-order valence-corrected chi connectivity index (χ1v) is 6.72. The van der Waals surface area contributed by atoms with Gasteiger partial charge < -0.3 is 9.84 Å². The molecule has 0 saturated carbocycles. The molecular formula is C13H18O3S. The third kappa shape index (κ3) is 5.63. The Hall–Kier alpha value is -1.16. The molecule has 0 aliphatic carbocycles. The SMILES string of the molecule is CC(C)SCCCOc1ccc(C(=O)O)cc1. The molecule has 0 fully saturated rings. The second-order valence-corrected chi connectivity index (χ2v) is 5.64. The van der Waals surface area contributed by atoms with E-state index in [1.807, 2.05) is 11.8 Å². The summed E-state index contributed by atoms with van der Waals surface area (Å²) in [6, 6.07) is 6.50. The summed E-state index contributed by atoms with van der Waals surface area (Å²) >= 11 is 1.92. The number of hydrogen-bond donors (Lipinski definition) is 1. The largest absolute Gasteiger partial charge is 0.494 e. The zero-order valence-corrected chi connectivity index (χ0v) is 11.0. The molecule has 0 saturated heterocycles. The normalized spacial score (nSPS) is 10.5. The minimum absolute atomic E-state index is 0.285. The van der Waals surface area contributed by atoms with E-state index >= 15 is 0 Å². The Labute approximate surface area is 106 Å². The number of ether oxygens (including phenoxy) is 1. The molecule has 1 aromatic carbocycles. The van der Waals surface area contributed by atoms with E-state index in [-0.39, 0.29) is 5.56 Å². The fourth-order valence-electron chi connectivity index (χ4n) is 1.26. The van der Waals surface area contributed by atoms with Gasteiger partial charge in [0.1, 0.15) is 5.75 Å². The minimum Gasteiger partial charge on any atom is -0.494 e. The summed E-state index contributed by atoms with van der Waals surface area (Å²) in [6.07, 6.45) is 1.00. The summed E-state index contributed by atoms with van der Waals surface area (Å²) in [7, 11) is 0. The van der Waals surface area contributed by atoms with Crippen molar-refractivity contribution in [3.05, 3.63) is 29.8 Å². The molecule has 0 heterocycles. The van der Waals surface area contributed by atoms with Crippen LogP contribution in [0, 0.1) is 0 Å². The van der Waals surface area contributed by atoms with Crippen molar-refractivity contribution in [2.75, 3.05) is 12.4 Å². The quantitative estimate of drug-likeness (QED) is 0.758. The van der Waals surface area contributed by atoms with Gasteiger partial charge in [-0.1, -0.05) is 13.8 Å². The minimum atomic E-state index is -0.912. The molecule has 0 atom stereocenters. The van der Waals surface area contributed by atoms with Gasteiger partial charge in [-0.15, -0.1) is 0 Å². The Morgan fingerprint density at radius 2 is 2.00 bits per heavy atom. The standard InChI is InChI=1S/C13H18O3S/c1-10(2)17-9-3-8-16-12-6-4-11(5-7-12)13(14)15/h4-7,10H,3,8-9H2,1-2H3,(H,14,15). The van der Waals surface area contributed by atoms with E-state index < -0.39 is 5.97 Å². The van der Waals surface area contributed by atoms with Crippen LogP contribution in [0.3, 0.4) is 0 Å². The maximum atomic E-state index is 10.6. The Bertz CT molecular complexity index is 346. The van der Waals surface area contributed by atoms with Gasteiger partial charge >= 0.3 is 5.97 Å². The molecule has 0 aliphatic heterocycles. The lowest BCUT2D eigenvalue weighted by Gasteiger charge is -2.07. The van der Waals surface area contributed by atoms with Gasteiger partial charge in [0.25, 0.3) is 0 Å². The number of carbonyl (C=O) groups is 1. The van der Waals surface area contributed by atoms with E-state index in [1.54, 1.807) is 24.3 Å². The lowest BCUT2D eigenvalue weighted by molar-refractivity contribution is 0.0697. The van der Waals surface area contributed by atoms with Gasteiger partial charge in [0.05, 0.1) is 12.2 Å². The summed E-state index contributed by atoms with van der Waals surface area (Å²) in [4.78, 5) is 10.6. The summed E-state index contributed by atoms with van der Waals surface area (Å²) in [5.74, 6) is 0.902. The van der Waals surface area contributed by atoms with Crippen molar-refractivity contribution in [3.8, 4) is 5.75 Å². The molecular weight excluding hydrogens is 236 g/mol. The Morgan fingerprint density at radius 3 is 2.53 bits per heavy atom. The predicted molar refractivity (Wildman–Crippen MR) is 71.1 cm³/mol. The van der Waals surface area contributed by atoms with Crippen molar-refractivity contribution < 1.29 is 14.6 Å². The maximum absolute atomic E-state index is 10.6. The van der Waals surface area contributed by atoms with Crippen LogP contribution in [0.1, 0.15) is 30.6 Å². The van der Waals surface area contributed by atoms with Crippen molar-refractivity contribution in [3.63, 3.8) is 0 Å². The van der Waals surface area contributed by atoms with E-state index in [1.165, 1.54) is 0 Å². The highest BCUT2D eigenvalue weighted by Crippen LogP contribution is 2.14.